The van der Waals surface area contributed by atoms with Crippen molar-refractivity contribution in [2.24, 2.45) is 0 Å². The molecule has 0 saturated carbocycles. The molecule has 7 heteroatoms. The Morgan fingerprint density at radius 3 is 2.83 bits per heavy atom. The van der Waals surface area contributed by atoms with Gasteiger partial charge in [0.25, 0.3) is 0 Å². The molecule has 0 spiro atoms. The van der Waals surface area contributed by atoms with Gasteiger partial charge in [-0.2, -0.15) is 5.10 Å². The summed E-state index contributed by atoms with van der Waals surface area (Å²) in [4.78, 5) is 0.0782. The van der Waals surface area contributed by atoms with Crippen molar-refractivity contribution in [3.8, 4) is 5.75 Å². The van der Waals surface area contributed by atoms with Gasteiger partial charge in [-0.1, -0.05) is 12.1 Å². The fraction of sp³-hybridized carbons (Fsp3) is 0.182. The first kappa shape index (κ1) is 12.6. The third-order valence-electron chi connectivity index (χ3n) is 2.49. The van der Waals surface area contributed by atoms with Gasteiger partial charge >= 0.3 is 0 Å². The molecule has 3 N–H and O–H groups in total. The van der Waals surface area contributed by atoms with Gasteiger partial charge in [0.15, 0.2) is 0 Å². The molecule has 96 valence electrons. The molecule has 1 unspecified atom stereocenters. The summed E-state index contributed by atoms with van der Waals surface area (Å²) in [7, 11) is -3.60. The number of aromatic nitrogens is 2. The molecule has 0 radical (unpaired) electrons. The van der Waals surface area contributed by atoms with Crippen LogP contribution in [0.3, 0.4) is 0 Å². The van der Waals surface area contributed by atoms with Crippen LogP contribution in [-0.4, -0.2) is 23.7 Å². The Morgan fingerprint density at radius 2 is 2.22 bits per heavy atom. The second-order valence-corrected chi connectivity index (χ2v) is 5.59. The predicted molar refractivity (Wildman–Crippen MR) is 65.4 cm³/mol. The van der Waals surface area contributed by atoms with Crippen molar-refractivity contribution in [3.05, 3.63) is 42.2 Å². The normalized spacial score (nSPS) is 13.4. The predicted octanol–water partition coefficient (Wildman–Crippen LogP) is 1.15. The molecule has 0 saturated heterocycles. The Bertz CT molecular complexity index is 623. The molecule has 1 aromatic carbocycles. The molecule has 0 fully saturated rings. The molecule has 0 amide bonds. The molecule has 1 atom stereocenters. The summed E-state index contributed by atoms with van der Waals surface area (Å²) < 4.78 is 26.4. The van der Waals surface area contributed by atoms with Gasteiger partial charge < -0.3 is 5.11 Å². The lowest BCUT2D eigenvalue weighted by Gasteiger charge is -2.13. The van der Waals surface area contributed by atoms with Crippen LogP contribution in [0.2, 0.25) is 0 Å². The van der Waals surface area contributed by atoms with E-state index in [9.17, 15) is 13.5 Å². The highest BCUT2D eigenvalue weighted by Crippen LogP contribution is 2.19. The van der Waals surface area contributed by atoms with Crippen LogP contribution in [0.15, 0.2) is 41.6 Å². The second kappa shape index (κ2) is 4.79. The van der Waals surface area contributed by atoms with Crippen LogP contribution in [0.4, 0.5) is 0 Å². The van der Waals surface area contributed by atoms with Crippen molar-refractivity contribution in [2.75, 3.05) is 0 Å². The zero-order valence-corrected chi connectivity index (χ0v) is 10.5. The van der Waals surface area contributed by atoms with E-state index in [1.807, 2.05) is 0 Å². The maximum Gasteiger partial charge on any atom is 0.244 e. The van der Waals surface area contributed by atoms with Gasteiger partial charge in [0.2, 0.25) is 10.0 Å². The van der Waals surface area contributed by atoms with E-state index < -0.39 is 16.1 Å². The zero-order chi connectivity index (χ0) is 13.2. The van der Waals surface area contributed by atoms with E-state index in [4.69, 9.17) is 0 Å². The number of H-pyrrole nitrogens is 1. The molecule has 6 nitrogen and oxygen atoms in total. The molecule has 1 heterocycles. The van der Waals surface area contributed by atoms with Gasteiger partial charge in [0.1, 0.15) is 10.6 Å². The van der Waals surface area contributed by atoms with E-state index in [2.05, 4.69) is 14.9 Å². The maximum absolute atomic E-state index is 11.9. The van der Waals surface area contributed by atoms with Crippen LogP contribution in [0.5, 0.6) is 5.75 Å². The van der Waals surface area contributed by atoms with Crippen LogP contribution in [0, 0.1) is 0 Å². The Labute approximate surface area is 105 Å². The highest BCUT2D eigenvalue weighted by molar-refractivity contribution is 7.89. The second-order valence-electron chi connectivity index (χ2n) is 3.87. The topological polar surface area (TPSA) is 95.1 Å². The standard InChI is InChI=1S/C11H13N3O3S/c1-8(9-3-2-4-10(15)5-9)14-18(16,17)11-6-12-13-7-11/h2-8,14-15H,1H3,(H,12,13). The highest BCUT2D eigenvalue weighted by atomic mass is 32.2. The van der Waals surface area contributed by atoms with Crippen LogP contribution in [0.25, 0.3) is 0 Å². The van der Waals surface area contributed by atoms with Crippen molar-refractivity contribution in [3.63, 3.8) is 0 Å². The molecule has 0 aliphatic carbocycles. The number of phenols is 1. The van der Waals surface area contributed by atoms with Crippen LogP contribution >= 0.6 is 0 Å². The molecule has 0 aliphatic rings. The molecule has 0 aliphatic heterocycles. The molecule has 2 aromatic rings. The lowest BCUT2D eigenvalue weighted by molar-refractivity contribution is 0.473. The summed E-state index contributed by atoms with van der Waals surface area (Å²) in [6.45, 7) is 1.70. The number of aromatic amines is 1. The number of phenolic OH excluding ortho intramolecular Hbond substituents is 1. The van der Waals surface area contributed by atoms with Crippen molar-refractivity contribution in [1.82, 2.24) is 14.9 Å². The summed E-state index contributed by atoms with van der Waals surface area (Å²) in [6, 6.07) is 6.00. The fourth-order valence-corrected chi connectivity index (χ4v) is 2.69. The lowest BCUT2D eigenvalue weighted by atomic mass is 10.1. The minimum absolute atomic E-state index is 0.0782. The van der Waals surface area contributed by atoms with Crippen molar-refractivity contribution >= 4 is 10.0 Å². The third-order valence-corrected chi connectivity index (χ3v) is 3.99. The van der Waals surface area contributed by atoms with Gasteiger partial charge in [-0.05, 0) is 24.6 Å². The number of nitrogens with one attached hydrogen (secondary N) is 2. The summed E-state index contributed by atoms with van der Waals surface area (Å²) in [5.41, 5.74) is 0.682. The highest BCUT2D eigenvalue weighted by Gasteiger charge is 2.19. The monoisotopic (exact) mass is 267 g/mol. The van der Waals surface area contributed by atoms with E-state index in [1.165, 1.54) is 24.5 Å². The largest absolute Gasteiger partial charge is 0.508 e. The fourth-order valence-electron chi connectivity index (χ4n) is 1.55. The average Bonchev–Trinajstić information content (AvgIpc) is 2.82. The number of sulfonamides is 1. The van der Waals surface area contributed by atoms with Gasteiger partial charge in [0.05, 0.1) is 6.20 Å². The van der Waals surface area contributed by atoms with Crippen LogP contribution < -0.4 is 4.72 Å². The minimum atomic E-state index is -3.60. The first-order valence-corrected chi connectivity index (χ1v) is 6.77. The van der Waals surface area contributed by atoms with Gasteiger partial charge in [-0.15, -0.1) is 0 Å². The van der Waals surface area contributed by atoms with E-state index >= 15 is 0 Å². The Kier molecular flexibility index (Phi) is 3.35. The molecular formula is C11H13N3O3S. The van der Waals surface area contributed by atoms with E-state index in [0.29, 0.717) is 5.56 Å². The quantitative estimate of drug-likeness (QED) is 0.774. The summed E-state index contributed by atoms with van der Waals surface area (Å²) in [5.74, 6) is 0.0989. The van der Waals surface area contributed by atoms with Crippen molar-refractivity contribution < 1.29 is 13.5 Å². The first-order chi connectivity index (χ1) is 8.49. The Morgan fingerprint density at radius 1 is 1.44 bits per heavy atom. The minimum Gasteiger partial charge on any atom is -0.508 e. The summed E-state index contributed by atoms with van der Waals surface area (Å²) >= 11 is 0. The number of hydrogen-bond donors (Lipinski definition) is 3. The Hall–Kier alpha value is -1.86. The van der Waals surface area contributed by atoms with E-state index in [1.54, 1.807) is 19.1 Å². The first-order valence-electron chi connectivity index (χ1n) is 5.29. The molecular weight excluding hydrogens is 254 g/mol. The lowest BCUT2D eigenvalue weighted by Crippen LogP contribution is -2.26. The number of nitrogens with zero attached hydrogens (tertiary/aromatic N) is 1. The average molecular weight is 267 g/mol. The third kappa shape index (κ3) is 2.69. The summed E-state index contributed by atoms with van der Waals surface area (Å²) in [6.07, 6.45) is 2.54. The van der Waals surface area contributed by atoms with Crippen LogP contribution in [-0.2, 0) is 10.0 Å². The SMILES string of the molecule is CC(NS(=O)(=O)c1cn[nH]c1)c1cccc(O)c1. The smallest absolute Gasteiger partial charge is 0.244 e. The van der Waals surface area contributed by atoms with E-state index in [0.717, 1.165) is 0 Å². The van der Waals surface area contributed by atoms with Crippen molar-refractivity contribution in [1.29, 1.82) is 0 Å². The molecule has 0 bridgehead atoms. The number of aromatic hydroxyl groups is 1. The number of hydrogen-bond acceptors (Lipinski definition) is 4. The van der Waals surface area contributed by atoms with Gasteiger partial charge in [-0.3, -0.25) is 5.10 Å². The Balaban J connectivity index is 2.20. The van der Waals surface area contributed by atoms with Gasteiger partial charge in [0, 0.05) is 12.2 Å². The number of rotatable bonds is 4. The van der Waals surface area contributed by atoms with E-state index in [-0.39, 0.29) is 10.6 Å². The number of benzene rings is 1. The zero-order valence-electron chi connectivity index (χ0n) is 9.66. The van der Waals surface area contributed by atoms with Gasteiger partial charge in [-0.25, -0.2) is 13.1 Å². The molecule has 1 aromatic heterocycles. The molecule has 18 heavy (non-hydrogen) atoms. The summed E-state index contributed by atoms with van der Waals surface area (Å²) in [5, 5.41) is 15.4. The van der Waals surface area contributed by atoms with Crippen molar-refractivity contribution in [2.45, 2.75) is 17.9 Å². The maximum atomic E-state index is 11.9. The molecule has 2 rings (SSSR count). The van der Waals surface area contributed by atoms with Crippen LogP contribution in [0.1, 0.15) is 18.5 Å².